The van der Waals surface area contributed by atoms with Gasteiger partial charge in [0.15, 0.2) is 5.69 Å². The summed E-state index contributed by atoms with van der Waals surface area (Å²) < 4.78 is 43.2. The number of alkyl halides is 3. The third-order valence-corrected chi connectivity index (χ3v) is 3.90. The van der Waals surface area contributed by atoms with Crippen molar-refractivity contribution in [2.75, 3.05) is 0 Å². The van der Waals surface area contributed by atoms with Crippen LogP contribution in [0.2, 0.25) is 0 Å². The van der Waals surface area contributed by atoms with E-state index in [4.69, 9.17) is 0 Å². The lowest BCUT2D eigenvalue weighted by Crippen LogP contribution is -2.09. The van der Waals surface area contributed by atoms with Crippen molar-refractivity contribution in [3.8, 4) is 21.7 Å². The van der Waals surface area contributed by atoms with Gasteiger partial charge in [-0.2, -0.15) is 13.2 Å². The first-order valence-electron chi connectivity index (χ1n) is 6.47. The van der Waals surface area contributed by atoms with E-state index in [2.05, 4.69) is 14.6 Å². The fourth-order valence-electron chi connectivity index (χ4n) is 2.14. The van der Waals surface area contributed by atoms with Gasteiger partial charge in [-0.1, -0.05) is 16.6 Å². The fourth-order valence-corrected chi connectivity index (χ4v) is 2.85. The van der Waals surface area contributed by atoms with E-state index >= 15 is 0 Å². The molecule has 1 aromatic carbocycles. The van der Waals surface area contributed by atoms with Crippen molar-refractivity contribution in [1.82, 2.24) is 14.6 Å². The van der Waals surface area contributed by atoms with Crippen molar-refractivity contribution in [2.45, 2.75) is 6.18 Å². The largest absolute Gasteiger partial charge is 0.433 e. The molecule has 3 rings (SSSR count). The van der Waals surface area contributed by atoms with Gasteiger partial charge in [0, 0.05) is 29.5 Å². The number of nitro benzene ring substituents is 1. The maximum Gasteiger partial charge on any atom is 0.433 e. The van der Waals surface area contributed by atoms with Crippen LogP contribution in [0, 0.1) is 10.1 Å². The highest BCUT2D eigenvalue weighted by molar-refractivity contribution is 7.09. The van der Waals surface area contributed by atoms with Crippen LogP contribution in [0.4, 0.5) is 18.9 Å². The number of pyridine rings is 1. The zero-order valence-electron chi connectivity index (χ0n) is 11.7. The molecule has 10 heteroatoms. The van der Waals surface area contributed by atoms with Crippen LogP contribution in [-0.2, 0) is 6.18 Å². The third kappa shape index (κ3) is 2.95. The Morgan fingerprint density at radius 2 is 1.96 bits per heavy atom. The molecule has 0 fully saturated rings. The molecule has 6 nitrogen and oxygen atoms in total. The average molecular weight is 352 g/mol. The molecule has 24 heavy (non-hydrogen) atoms. The van der Waals surface area contributed by atoms with E-state index < -0.39 is 16.8 Å². The quantitative estimate of drug-likeness (QED) is 0.521. The summed E-state index contributed by atoms with van der Waals surface area (Å²) in [6, 6.07) is 8.13. The summed E-state index contributed by atoms with van der Waals surface area (Å²) in [7, 11) is 0. The normalized spacial score (nSPS) is 11.5. The molecule has 2 aromatic heterocycles. The molecular formula is C14H7F3N4O2S. The molecule has 2 heterocycles. The predicted molar refractivity (Wildman–Crippen MR) is 80.2 cm³/mol. The van der Waals surface area contributed by atoms with Gasteiger partial charge in [0.1, 0.15) is 5.69 Å². The molecule has 0 saturated heterocycles. The van der Waals surface area contributed by atoms with Crippen LogP contribution >= 0.6 is 11.5 Å². The fraction of sp³-hybridized carbons (Fsp3) is 0.0714. The number of aromatic nitrogens is 3. The number of halogens is 3. The van der Waals surface area contributed by atoms with Gasteiger partial charge in [0.2, 0.25) is 0 Å². The van der Waals surface area contributed by atoms with Gasteiger partial charge in [0.05, 0.1) is 9.80 Å². The topological polar surface area (TPSA) is 81.8 Å². The molecule has 0 saturated carbocycles. The van der Waals surface area contributed by atoms with Gasteiger partial charge in [-0.05, 0) is 23.7 Å². The van der Waals surface area contributed by atoms with Crippen LogP contribution in [0.3, 0.4) is 0 Å². The first-order chi connectivity index (χ1) is 11.4. The molecule has 0 bridgehead atoms. The maximum atomic E-state index is 13.2. The Hall–Kier alpha value is -2.88. The number of nitrogens with zero attached hydrogens (tertiary/aromatic N) is 4. The van der Waals surface area contributed by atoms with Gasteiger partial charge in [-0.3, -0.25) is 15.1 Å². The van der Waals surface area contributed by atoms with E-state index in [9.17, 15) is 23.3 Å². The highest BCUT2D eigenvalue weighted by Crippen LogP contribution is 2.40. The lowest BCUT2D eigenvalue weighted by Gasteiger charge is -2.10. The summed E-state index contributed by atoms with van der Waals surface area (Å²) in [6.45, 7) is 0. The van der Waals surface area contributed by atoms with E-state index in [1.165, 1.54) is 36.4 Å². The number of benzene rings is 1. The van der Waals surface area contributed by atoms with Crippen LogP contribution in [-0.4, -0.2) is 19.5 Å². The second-order valence-corrected chi connectivity index (χ2v) is 5.41. The Morgan fingerprint density at radius 3 is 2.67 bits per heavy atom. The maximum absolute atomic E-state index is 13.2. The van der Waals surface area contributed by atoms with E-state index in [-0.39, 0.29) is 21.8 Å². The lowest BCUT2D eigenvalue weighted by molar-refractivity contribution is -0.384. The van der Waals surface area contributed by atoms with E-state index in [1.807, 2.05) is 0 Å². The van der Waals surface area contributed by atoms with E-state index in [0.717, 1.165) is 17.7 Å². The minimum absolute atomic E-state index is 0.141. The second-order valence-electron chi connectivity index (χ2n) is 4.66. The molecule has 122 valence electrons. The molecule has 0 radical (unpaired) electrons. The standard InChI is InChI=1S/C14H7F3N4O2S/c15-14(16,17)13-10(5-2-6-18-13)12-11(19-20-24-12)8-3-1-4-9(7-8)21(22)23/h1-7H. The van der Waals surface area contributed by atoms with Crippen molar-refractivity contribution in [3.63, 3.8) is 0 Å². The Morgan fingerprint density at radius 1 is 1.17 bits per heavy atom. The van der Waals surface area contributed by atoms with Crippen molar-refractivity contribution in [1.29, 1.82) is 0 Å². The minimum atomic E-state index is -4.64. The zero-order valence-corrected chi connectivity index (χ0v) is 12.5. The molecule has 0 aliphatic heterocycles. The first-order valence-corrected chi connectivity index (χ1v) is 7.25. The lowest BCUT2D eigenvalue weighted by atomic mass is 10.0. The van der Waals surface area contributed by atoms with Crippen LogP contribution in [0.5, 0.6) is 0 Å². The molecule has 0 amide bonds. The number of rotatable bonds is 3. The van der Waals surface area contributed by atoms with E-state index in [0.29, 0.717) is 5.56 Å². The molecule has 0 aliphatic rings. The van der Waals surface area contributed by atoms with Gasteiger partial charge < -0.3 is 0 Å². The Bertz CT molecular complexity index is 911. The Balaban J connectivity index is 2.17. The van der Waals surface area contributed by atoms with Crippen LogP contribution in [0.25, 0.3) is 21.7 Å². The van der Waals surface area contributed by atoms with Crippen LogP contribution < -0.4 is 0 Å². The monoisotopic (exact) mass is 352 g/mol. The summed E-state index contributed by atoms with van der Waals surface area (Å²) in [5.74, 6) is 0. The summed E-state index contributed by atoms with van der Waals surface area (Å²) in [5, 5.41) is 14.7. The molecular weight excluding hydrogens is 345 g/mol. The summed E-state index contributed by atoms with van der Waals surface area (Å²) in [4.78, 5) is 13.8. The predicted octanol–water partition coefficient (Wildman–Crippen LogP) is 4.19. The molecule has 0 atom stereocenters. The minimum Gasteiger partial charge on any atom is -0.258 e. The van der Waals surface area contributed by atoms with Gasteiger partial charge in [0.25, 0.3) is 5.69 Å². The Labute approximate surface area is 136 Å². The first kappa shape index (κ1) is 16.0. The third-order valence-electron chi connectivity index (χ3n) is 3.14. The number of non-ortho nitro benzene ring substituents is 1. The van der Waals surface area contributed by atoms with Crippen LogP contribution in [0.15, 0.2) is 42.6 Å². The van der Waals surface area contributed by atoms with Crippen molar-refractivity contribution in [3.05, 3.63) is 58.4 Å². The number of nitro groups is 1. The van der Waals surface area contributed by atoms with Gasteiger partial charge in [-0.15, -0.1) is 5.10 Å². The average Bonchev–Trinajstić information content (AvgIpc) is 3.03. The molecule has 3 aromatic rings. The van der Waals surface area contributed by atoms with Crippen molar-refractivity contribution in [2.24, 2.45) is 0 Å². The van der Waals surface area contributed by atoms with Crippen LogP contribution in [0.1, 0.15) is 5.69 Å². The summed E-state index contributed by atoms with van der Waals surface area (Å²) >= 11 is 0.771. The van der Waals surface area contributed by atoms with Crippen molar-refractivity contribution >= 4 is 17.2 Å². The zero-order chi connectivity index (χ0) is 17.3. The molecule has 0 N–H and O–H groups in total. The van der Waals surface area contributed by atoms with E-state index in [1.54, 1.807) is 0 Å². The number of hydrogen-bond acceptors (Lipinski definition) is 6. The summed E-state index contributed by atoms with van der Waals surface area (Å²) in [5.41, 5.74) is -0.954. The van der Waals surface area contributed by atoms with Crippen molar-refractivity contribution < 1.29 is 18.1 Å². The molecule has 0 unspecified atom stereocenters. The molecule has 0 aliphatic carbocycles. The number of hydrogen-bond donors (Lipinski definition) is 0. The SMILES string of the molecule is O=[N+]([O-])c1cccc(-c2nnsc2-c2cccnc2C(F)(F)F)c1. The second kappa shape index (κ2) is 5.96. The highest BCUT2D eigenvalue weighted by atomic mass is 32.1. The Kier molecular flexibility index (Phi) is 3.97. The van der Waals surface area contributed by atoms with Gasteiger partial charge >= 0.3 is 6.18 Å². The smallest absolute Gasteiger partial charge is 0.258 e. The molecule has 0 spiro atoms. The highest BCUT2D eigenvalue weighted by Gasteiger charge is 2.36. The summed E-state index contributed by atoms with van der Waals surface area (Å²) in [6.07, 6.45) is -3.59. The van der Waals surface area contributed by atoms with Gasteiger partial charge in [-0.25, -0.2) is 0 Å².